The first-order valence-electron chi connectivity index (χ1n) is 8.17. The highest BCUT2D eigenvalue weighted by molar-refractivity contribution is 7.99. The van der Waals surface area contributed by atoms with Crippen molar-refractivity contribution in [1.82, 2.24) is 10.3 Å². The summed E-state index contributed by atoms with van der Waals surface area (Å²) >= 11 is 7.73. The highest BCUT2D eigenvalue weighted by Crippen LogP contribution is 2.40. The molecule has 1 aromatic carbocycles. The molecule has 3 rings (SSSR count). The van der Waals surface area contributed by atoms with Crippen LogP contribution in [0.1, 0.15) is 35.8 Å². The number of nitrogens with one attached hydrogen (secondary N) is 1. The lowest BCUT2D eigenvalue weighted by molar-refractivity contribution is -0.119. The third-order valence-electron chi connectivity index (χ3n) is 4.09. The molecule has 0 bridgehead atoms. The van der Waals surface area contributed by atoms with E-state index in [1.807, 2.05) is 49.4 Å². The largest absolute Gasteiger partial charge is 0.347 e. The summed E-state index contributed by atoms with van der Waals surface area (Å²) in [5, 5.41) is 3.92. The number of nitrogens with zero attached hydrogens (tertiary/aromatic N) is 1. The van der Waals surface area contributed by atoms with E-state index in [1.165, 1.54) is 0 Å². The maximum Gasteiger partial charge on any atom is 0.230 e. The molecule has 1 aromatic heterocycles. The van der Waals surface area contributed by atoms with Gasteiger partial charge in [0.25, 0.3) is 0 Å². The Morgan fingerprint density at radius 2 is 2.08 bits per heavy atom. The van der Waals surface area contributed by atoms with Crippen LogP contribution in [0.2, 0.25) is 5.02 Å². The number of hydrogen-bond donors (Lipinski definition) is 1. The molecule has 1 unspecified atom stereocenters. The second-order valence-electron chi connectivity index (χ2n) is 6.17. The zero-order chi connectivity index (χ0) is 16.9. The van der Waals surface area contributed by atoms with Gasteiger partial charge in [0.1, 0.15) is 0 Å². The summed E-state index contributed by atoms with van der Waals surface area (Å²) in [6, 6.07) is 13.8. The molecule has 24 heavy (non-hydrogen) atoms. The Balaban J connectivity index is 1.54. The first-order chi connectivity index (χ1) is 11.6. The third kappa shape index (κ3) is 4.74. The van der Waals surface area contributed by atoms with Crippen LogP contribution in [0.25, 0.3) is 0 Å². The summed E-state index contributed by atoms with van der Waals surface area (Å²) in [4.78, 5) is 16.9. The predicted molar refractivity (Wildman–Crippen MR) is 100 cm³/mol. The summed E-state index contributed by atoms with van der Waals surface area (Å²) in [6.45, 7) is 1.98. The van der Waals surface area contributed by atoms with Crippen LogP contribution in [-0.4, -0.2) is 16.6 Å². The van der Waals surface area contributed by atoms with Crippen molar-refractivity contribution >= 4 is 29.3 Å². The van der Waals surface area contributed by atoms with Gasteiger partial charge in [0.2, 0.25) is 5.91 Å². The second-order valence-corrected chi connectivity index (χ2v) is 7.56. The van der Waals surface area contributed by atoms with Crippen LogP contribution in [0.3, 0.4) is 0 Å². The van der Waals surface area contributed by atoms with E-state index in [9.17, 15) is 4.79 Å². The molecule has 0 radical (unpaired) electrons. The molecule has 126 valence electrons. The van der Waals surface area contributed by atoms with Crippen molar-refractivity contribution in [3.05, 3.63) is 64.4 Å². The minimum atomic E-state index is 0.0401. The molecule has 1 heterocycles. The molecule has 0 saturated heterocycles. The highest BCUT2D eigenvalue weighted by atomic mass is 35.5. The van der Waals surface area contributed by atoms with Gasteiger partial charge in [-0.15, -0.1) is 11.8 Å². The number of benzene rings is 1. The number of amides is 1. The molecule has 1 fully saturated rings. The third-order valence-corrected chi connectivity index (χ3v) is 5.44. The standard InChI is InChI=1S/C19H21ClN2OS/c1-13-5-4-8-17(21-13)19(14-9-10-14)22-18(23)12-24-11-15-6-2-3-7-16(15)20/h2-8,14,19H,9-12H2,1H3,(H,22,23). The normalized spacial score (nSPS) is 15.1. The van der Waals surface area contributed by atoms with Crippen LogP contribution in [-0.2, 0) is 10.5 Å². The Kier molecular flexibility index (Phi) is 5.80. The predicted octanol–water partition coefficient (Wildman–Crippen LogP) is 4.54. The molecule has 1 N–H and O–H groups in total. The van der Waals surface area contributed by atoms with Gasteiger partial charge in [-0.3, -0.25) is 9.78 Å². The van der Waals surface area contributed by atoms with E-state index in [2.05, 4.69) is 10.3 Å². The van der Waals surface area contributed by atoms with E-state index in [0.717, 1.165) is 40.6 Å². The summed E-state index contributed by atoms with van der Waals surface area (Å²) in [7, 11) is 0. The van der Waals surface area contributed by atoms with Crippen molar-refractivity contribution in [2.24, 2.45) is 5.92 Å². The van der Waals surface area contributed by atoms with Crippen LogP contribution in [0.5, 0.6) is 0 Å². The minimum absolute atomic E-state index is 0.0401. The number of pyridine rings is 1. The van der Waals surface area contributed by atoms with Crippen LogP contribution in [0.4, 0.5) is 0 Å². The number of aryl methyl sites for hydroxylation is 1. The highest BCUT2D eigenvalue weighted by Gasteiger charge is 2.34. The lowest BCUT2D eigenvalue weighted by Gasteiger charge is -2.18. The number of rotatable bonds is 7. The zero-order valence-electron chi connectivity index (χ0n) is 13.7. The molecule has 1 atom stereocenters. The molecule has 1 amide bonds. The number of thioether (sulfide) groups is 1. The number of carbonyl (C=O) groups is 1. The number of carbonyl (C=O) groups excluding carboxylic acids is 1. The summed E-state index contributed by atoms with van der Waals surface area (Å²) in [5.74, 6) is 1.76. The topological polar surface area (TPSA) is 42.0 Å². The van der Waals surface area contributed by atoms with Crippen LogP contribution < -0.4 is 5.32 Å². The van der Waals surface area contributed by atoms with Gasteiger partial charge in [-0.1, -0.05) is 35.9 Å². The van der Waals surface area contributed by atoms with E-state index in [0.29, 0.717) is 11.7 Å². The first kappa shape index (κ1) is 17.3. The molecule has 2 aromatic rings. The Morgan fingerprint density at radius 3 is 2.79 bits per heavy atom. The average molecular weight is 361 g/mol. The summed E-state index contributed by atoms with van der Waals surface area (Å²) in [5.41, 5.74) is 3.03. The van der Waals surface area contributed by atoms with Crippen LogP contribution in [0, 0.1) is 12.8 Å². The summed E-state index contributed by atoms with van der Waals surface area (Å²) in [6.07, 6.45) is 2.32. The molecular formula is C19H21ClN2OS. The molecular weight excluding hydrogens is 340 g/mol. The van der Waals surface area contributed by atoms with E-state index < -0.39 is 0 Å². The van der Waals surface area contributed by atoms with Gasteiger partial charge in [-0.25, -0.2) is 0 Å². The zero-order valence-corrected chi connectivity index (χ0v) is 15.2. The Morgan fingerprint density at radius 1 is 1.29 bits per heavy atom. The van der Waals surface area contributed by atoms with E-state index in [4.69, 9.17) is 11.6 Å². The SMILES string of the molecule is Cc1cccc(C(NC(=O)CSCc2ccccc2Cl)C2CC2)n1. The molecule has 1 saturated carbocycles. The van der Waals surface area contributed by atoms with Crippen molar-refractivity contribution in [3.8, 4) is 0 Å². The van der Waals surface area contributed by atoms with Crippen molar-refractivity contribution < 1.29 is 4.79 Å². The van der Waals surface area contributed by atoms with Crippen molar-refractivity contribution in [2.75, 3.05) is 5.75 Å². The van der Waals surface area contributed by atoms with Crippen molar-refractivity contribution in [3.63, 3.8) is 0 Å². The minimum Gasteiger partial charge on any atom is -0.347 e. The summed E-state index contributed by atoms with van der Waals surface area (Å²) < 4.78 is 0. The maximum atomic E-state index is 12.3. The first-order valence-corrected chi connectivity index (χ1v) is 9.71. The maximum absolute atomic E-state index is 12.3. The molecule has 3 nitrogen and oxygen atoms in total. The molecule has 1 aliphatic rings. The molecule has 0 spiro atoms. The lowest BCUT2D eigenvalue weighted by Crippen LogP contribution is -2.31. The lowest BCUT2D eigenvalue weighted by atomic mass is 10.1. The fourth-order valence-electron chi connectivity index (χ4n) is 2.68. The van der Waals surface area contributed by atoms with Gasteiger partial charge in [0.05, 0.1) is 17.5 Å². The van der Waals surface area contributed by atoms with E-state index >= 15 is 0 Å². The van der Waals surface area contributed by atoms with Crippen LogP contribution >= 0.6 is 23.4 Å². The smallest absolute Gasteiger partial charge is 0.230 e. The second kappa shape index (κ2) is 8.04. The van der Waals surface area contributed by atoms with Gasteiger partial charge in [-0.05, 0) is 49.4 Å². The van der Waals surface area contributed by atoms with Gasteiger partial charge < -0.3 is 5.32 Å². The van der Waals surface area contributed by atoms with Crippen LogP contribution in [0.15, 0.2) is 42.5 Å². The molecule has 5 heteroatoms. The van der Waals surface area contributed by atoms with Gasteiger partial charge in [0, 0.05) is 16.5 Å². The number of aromatic nitrogens is 1. The molecule has 1 aliphatic carbocycles. The van der Waals surface area contributed by atoms with E-state index in [-0.39, 0.29) is 11.9 Å². The number of hydrogen-bond acceptors (Lipinski definition) is 3. The van der Waals surface area contributed by atoms with Gasteiger partial charge >= 0.3 is 0 Å². The molecule has 0 aliphatic heterocycles. The quantitative estimate of drug-likeness (QED) is 0.787. The van der Waals surface area contributed by atoms with E-state index in [1.54, 1.807) is 11.8 Å². The Hall–Kier alpha value is -1.52. The Labute approximate surface area is 152 Å². The van der Waals surface area contributed by atoms with Crippen molar-refractivity contribution in [1.29, 1.82) is 0 Å². The Bertz CT molecular complexity index is 718. The fourth-order valence-corrected chi connectivity index (χ4v) is 3.81. The average Bonchev–Trinajstić information content (AvgIpc) is 3.39. The van der Waals surface area contributed by atoms with Gasteiger partial charge in [-0.2, -0.15) is 0 Å². The fraction of sp³-hybridized carbons (Fsp3) is 0.368. The van der Waals surface area contributed by atoms with Gasteiger partial charge in [0.15, 0.2) is 0 Å². The van der Waals surface area contributed by atoms with Crippen molar-refractivity contribution in [2.45, 2.75) is 31.6 Å². The number of halogens is 1. The monoisotopic (exact) mass is 360 g/mol.